The number of benzene rings is 2. The summed E-state index contributed by atoms with van der Waals surface area (Å²) in [6.07, 6.45) is 4.99. The number of ether oxygens (including phenoxy) is 2. The smallest absolute Gasteiger partial charge is 0.410 e. The summed E-state index contributed by atoms with van der Waals surface area (Å²) in [7, 11) is -0.911. The number of amides is 2. The minimum Gasteiger partial charge on any atom is -0.491 e. The van der Waals surface area contributed by atoms with Crippen molar-refractivity contribution in [3.8, 4) is 17.0 Å². The second-order valence-electron chi connectivity index (χ2n) is 15.7. The van der Waals surface area contributed by atoms with Crippen LogP contribution in [0.1, 0.15) is 81.6 Å². The molecule has 1 aromatic heterocycles. The molecule has 2 amide bonds. The van der Waals surface area contributed by atoms with Crippen LogP contribution in [-0.4, -0.2) is 122 Å². The van der Waals surface area contributed by atoms with Crippen molar-refractivity contribution < 1.29 is 31.9 Å². The van der Waals surface area contributed by atoms with E-state index in [1.807, 2.05) is 33.8 Å². The predicted octanol–water partition coefficient (Wildman–Crippen LogP) is 5.67. The highest BCUT2D eigenvalue weighted by molar-refractivity contribution is 7.87. The Morgan fingerprint density at radius 3 is 2.51 bits per heavy atom. The van der Waals surface area contributed by atoms with Gasteiger partial charge in [-0.05, 0) is 75.9 Å². The van der Waals surface area contributed by atoms with Crippen LogP contribution < -0.4 is 9.46 Å². The molecule has 4 bridgehead atoms. The SMILES string of the molecule is CCN1CCN(CCN(C)C(=O)OC(C)(C)C)[C@H]2COc3cc(F)ccc3-c3c(C4CCCCC4)c4ccc(cc4n3C2)C(=O)NS(=O)(=O)N(C)CC1. The number of carbonyl (C=O) groups is 2. The molecule has 3 heterocycles. The Morgan fingerprint density at radius 2 is 1.79 bits per heavy atom. The summed E-state index contributed by atoms with van der Waals surface area (Å²) < 4.78 is 59.6. The lowest BCUT2D eigenvalue weighted by Crippen LogP contribution is -2.50. The molecule has 53 heavy (non-hydrogen) atoms. The molecule has 2 aliphatic heterocycles. The first-order valence-corrected chi connectivity index (χ1v) is 20.4. The van der Waals surface area contributed by atoms with E-state index in [1.165, 1.54) is 29.9 Å². The number of likely N-dealkylation sites (N-methyl/N-ethyl adjacent to an activating group) is 3. The molecule has 1 N–H and O–H groups in total. The van der Waals surface area contributed by atoms with Crippen molar-refractivity contribution in [1.29, 1.82) is 0 Å². The van der Waals surface area contributed by atoms with Gasteiger partial charge in [-0.3, -0.25) is 9.69 Å². The van der Waals surface area contributed by atoms with Gasteiger partial charge in [-0.1, -0.05) is 32.3 Å². The van der Waals surface area contributed by atoms with Gasteiger partial charge in [0.05, 0.1) is 11.7 Å². The number of carbonyl (C=O) groups excluding carboxylic acids is 2. The summed E-state index contributed by atoms with van der Waals surface area (Å²) in [5.74, 6) is -0.388. The lowest BCUT2D eigenvalue weighted by atomic mass is 9.81. The minimum atomic E-state index is -4.12. The van der Waals surface area contributed by atoms with E-state index in [2.05, 4.69) is 19.1 Å². The second-order valence-corrected chi connectivity index (χ2v) is 17.5. The maximum atomic E-state index is 15.0. The molecule has 3 aliphatic rings. The van der Waals surface area contributed by atoms with E-state index < -0.39 is 33.6 Å². The summed E-state index contributed by atoms with van der Waals surface area (Å²) in [6.45, 7) is 11.7. The number of aromatic nitrogens is 1. The molecule has 14 heteroatoms. The first-order valence-electron chi connectivity index (χ1n) is 18.9. The molecule has 0 saturated heterocycles. The molecule has 1 atom stereocenters. The second kappa shape index (κ2) is 15.9. The predicted molar refractivity (Wildman–Crippen MR) is 204 cm³/mol. The van der Waals surface area contributed by atoms with Gasteiger partial charge in [0.2, 0.25) is 0 Å². The third kappa shape index (κ3) is 8.82. The van der Waals surface area contributed by atoms with Crippen LogP contribution in [0.3, 0.4) is 0 Å². The monoisotopic (exact) mass is 754 g/mol. The molecule has 290 valence electrons. The highest BCUT2D eigenvalue weighted by atomic mass is 32.2. The Labute approximate surface area is 313 Å². The average molecular weight is 755 g/mol. The minimum absolute atomic E-state index is 0.183. The molecule has 0 unspecified atom stereocenters. The van der Waals surface area contributed by atoms with Gasteiger partial charge < -0.3 is 23.8 Å². The summed E-state index contributed by atoms with van der Waals surface area (Å²) in [5.41, 5.74) is 3.30. The molecule has 3 aromatic rings. The van der Waals surface area contributed by atoms with Gasteiger partial charge in [-0.2, -0.15) is 12.7 Å². The number of halogens is 1. The topological polar surface area (TPSA) is 117 Å². The van der Waals surface area contributed by atoms with Crippen molar-refractivity contribution >= 4 is 33.1 Å². The van der Waals surface area contributed by atoms with Gasteiger partial charge in [-0.15, -0.1) is 0 Å². The van der Waals surface area contributed by atoms with Crippen LogP contribution in [-0.2, 0) is 21.5 Å². The van der Waals surface area contributed by atoms with Gasteiger partial charge in [0.1, 0.15) is 23.8 Å². The lowest BCUT2D eigenvalue weighted by Gasteiger charge is -2.37. The zero-order chi connectivity index (χ0) is 38.1. The molecular formula is C39H55FN6O6S. The van der Waals surface area contributed by atoms with E-state index in [0.29, 0.717) is 51.6 Å². The Kier molecular flexibility index (Phi) is 11.7. The number of hydrogen-bond donors (Lipinski definition) is 1. The molecule has 2 aromatic carbocycles. The largest absolute Gasteiger partial charge is 0.491 e. The number of hydrogen-bond acceptors (Lipinski definition) is 8. The van der Waals surface area contributed by atoms with E-state index in [1.54, 1.807) is 30.1 Å². The van der Waals surface area contributed by atoms with Crippen LogP contribution in [0.15, 0.2) is 36.4 Å². The molecule has 1 fully saturated rings. The van der Waals surface area contributed by atoms with E-state index >= 15 is 0 Å². The number of rotatable bonds is 5. The third-order valence-electron chi connectivity index (χ3n) is 10.9. The van der Waals surface area contributed by atoms with Crippen LogP contribution in [0, 0.1) is 5.82 Å². The molecular weight excluding hydrogens is 700 g/mol. The molecule has 1 aliphatic carbocycles. The number of nitrogens with zero attached hydrogens (tertiary/aromatic N) is 5. The molecule has 12 nitrogen and oxygen atoms in total. The first kappa shape index (κ1) is 39.0. The highest BCUT2D eigenvalue weighted by Gasteiger charge is 2.34. The van der Waals surface area contributed by atoms with Crippen LogP contribution in [0.4, 0.5) is 9.18 Å². The van der Waals surface area contributed by atoms with Crippen LogP contribution in [0.2, 0.25) is 0 Å². The van der Waals surface area contributed by atoms with Crippen molar-refractivity contribution in [2.24, 2.45) is 0 Å². The Balaban J connectivity index is 1.52. The molecule has 6 rings (SSSR count). The zero-order valence-corrected chi connectivity index (χ0v) is 32.8. The molecule has 0 radical (unpaired) electrons. The van der Waals surface area contributed by atoms with E-state index in [4.69, 9.17) is 9.47 Å². The van der Waals surface area contributed by atoms with E-state index in [9.17, 15) is 22.4 Å². The van der Waals surface area contributed by atoms with Crippen molar-refractivity contribution in [1.82, 2.24) is 28.3 Å². The normalized spacial score (nSPS) is 21.1. The lowest BCUT2D eigenvalue weighted by molar-refractivity contribution is 0.0257. The van der Waals surface area contributed by atoms with Crippen molar-refractivity contribution in [3.05, 3.63) is 53.3 Å². The van der Waals surface area contributed by atoms with Crippen molar-refractivity contribution in [2.75, 3.05) is 66.5 Å². The van der Waals surface area contributed by atoms with Gasteiger partial charge in [0.15, 0.2) is 0 Å². The molecule has 1 saturated carbocycles. The third-order valence-corrected chi connectivity index (χ3v) is 12.3. The summed E-state index contributed by atoms with van der Waals surface area (Å²) in [6, 6.07) is 9.94. The maximum Gasteiger partial charge on any atom is 0.410 e. The van der Waals surface area contributed by atoms with Crippen molar-refractivity contribution in [2.45, 2.75) is 83.9 Å². The molecule has 0 spiro atoms. The van der Waals surface area contributed by atoms with Crippen LogP contribution in [0.25, 0.3) is 22.2 Å². The van der Waals surface area contributed by atoms with E-state index in [-0.39, 0.29) is 30.7 Å². The van der Waals surface area contributed by atoms with Crippen LogP contribution in [0.5, 0.6) is 5.75 Å². The fraction of sp³-hybridized carbons (Fsp3) is 0.590. The van der Waals surface area contributed by atoms with Crippen molar-refractivity contribution in [3.63, 3.8) is 0 Å². The van der Waals surface area contributed by atoms with E-state index in [0.717, 1.165) is 53.4 Å². The first-order chi connectivity index (χ1) is 25.1. The fourth-order valence-electron chi connectivity index (χ4n) is 7.82. The van der Waals surface area contributed by atoms with Gasteiger partial charge in [0.25, 0.3) is 5.91 Å². The quantitative estimate of drug-likeness (QED) is 0.355. The van der Waals surface area contributed by atoms with Gasteiger partial charge in [0, 0.05) is 88.0 Å². The Bertz CT molecular complexity index is 1920. The standard InChI is InChI=1S/C39H55FN6O6S/c1-7-44-19-18-43(6)53(49,50)41-37(47)28-13-15-31-33(23-28)46-25-30(45(22-20-44)21-17-42(5)38(48)52-39(2,3)4)26-51-34-24-29(40)14-16-32(34)36(46)35(31)27-11-9-8-10-12-27/h13-16,23-24,27,30H,7-12,17-22,25-26H2,1-6H3,(H,41,47)/t30-/m1/s1. The summed E-state index contributed by atoms with van der Waals surface area (Å²) >= 11 is 0. The summed E-state index contributed by atoms with van der Waals surface area (Å²) in [4.78, 5) is 32.7. The van der Waals surface area contributed by atoms with Gasteiger partial charge in [-0.25, -0.2) is 13.9 Å². The van der Waals surface area contributed by atoms with Gasteiger partial charge >= 0.3 is 16.3 Å². The Morgan fingerprint density at radius 1 is 1.06 bits per heavy atom. The average Bonchev–Trinajstić information content (AvgIpc) is 3.41. The Hall–Kier alpha value is -3.72. The van der Waals surface area contributed by atoms with Crippen LogP contribution >= 0.6 is 0 Å². The number of fused-ring (bicyclic) bond motifs is 4. The maximum absolute atomic E-state index is 15.0. The fourth-order valence-corrected chi connectivity index (χ4v) is 8.65. The number of nitrogens with one attached hydrogen (secondary N) is 1. The highest BCUT2D eigenvalue weighted by Crippen LogP contribution is 2.47. The zero-order valence-electron chi connectivity index (χ0n) is 32.0. The summed E-state index contributed by atoms with van der Waals surface area (Å²) in [5, 5.41) is 0.994.